The molecule has 21 heavy (non-hydrogen) atoms. The first-order valence-electron chi connectivity index (χ1n) is 6.03. The molecule has 0 aliphatic carbocycles. The molecule has 1 rings (SSSR count). The highest BCUT2D eigenvalue weighted by Gasteiger charge is 2.15. The second-order valence-corrected chi connectivity index (χ2v) is 4.02. The molecule has 0 spiro atoms. The molecule has 3 N–H and O–H groups in total. The van der Waals surface area contributed by atoms with Crippen molar-refractivity contribution in [3.05, 3.63) is 28.3 Å². The molecule has 0 radical (unpaired) electrons. The molecule has 0 fully saturated rings. The molecular weight excluding hydrogens is 282 g/mol. The highest BCUT2D eigenvalue weighted by molar-refractivity contribution is 5.89. The first-order chi connectivity index (χ1) is 9.93. The summed E-state index contributed by atoms with van der Waals surface area (Å²) in [6.45, 7) is 0.191. The number of carboxylic acid groups (broad SMARTS) is 1. The zero-order valence-electron chi connectivity index (χ0n) is 11.3. The van der Waals surface area contributed by atoms with Crippen molar-refractivity contribution in [2.75, 3.05) is 19.0 Å². The Labute approximate surface area is 120 Å². The number of amides is 2. The number of nitrogens with zero attached hydrogens (tertiary/aromatic N) is 1. The van der Waals surface area contributed by atoms with E-state index < -0.39 is 16.9 Å². The van der Waals surface area contributed by atoms with Gasteiger partial charge in [0.05, 0.1) is 12.0 Å². The number of methoxy groups -OCH3 is 1. The number of urea groups is 1. The highest BCUT2D eigenvalue weighted by Crippen LogP contribution is 2.29. The molecule has 1 aromatic carbocycles. The Bertz CT molecular complexity index is 546. The minimum Gasteiger partial charge on any atom is -0.490 e. The van der Waals surface area contributed by atoms with Crippen molar-refractivity contribution in [3.63, 3.8) is 0 Å². The van der Waals surface area contributed by atoms with Gasteiger partial charge < -0.3 is 20.5 Å². The average Bonchev–Trinajstić information content (AvgIpc) is 2.43. The van der Waals surface area contributed by atoms with E-state index >= 15 is 0 Å². The summed E-state index contributed by atoms with van der Waals surface area (Å²) in [5.74, 6) is -0.851. The van der Waals surface area contributed by atoms with E-state index in [0.717, 1.165) is 0 Å². The molecule has 0 heterocycles. The van der Waals surface area contributed by atoms with Crippen LogP contribution < -0.4 is 15.4 Å². The maximum absolute atomic E-state index is 11.5. The monoisotopic (exact) mass is 297 g/mol. The molecule has 0 unspecified atom stereocenters. The minimum atomic E-state index is -0.942. The van der Waals surface area contributed by atoms with Gasteiger partial charge in [-0.15, -0.1) is 0 Å². The van der Waals surface area contributed by atoms with Gasteiger partial charge in [-0.25, -0.2) is 4.79 Å². The van der Waals surface area contributed by atoms with E-state index in [-0.39, 0.29) is 30.1 Å². The maximum Gasteiger partial charge on any atom is 0.319 e. The first kappa shape index (κ1) is 16.2. The molecule has 0 aliphatic rings. The Balaban J connectivity index is 2.58. The van der Waals surface area contributed by atoms with E-state index in [1.54, 1.807) is 0 Å². The van der Waals surface area contributed by atoms with Gasteiger partial charge in [0.1, 0.15) is 0 Å². The smallest absolute Gasteiger partial charge is 0.319 e. The number of hydrogen-bond acceptors (Lipinski definition) is 5. The third kappa shape index (κ3) is 5.35. The number of nitrogens with one attached hydrogen (secondary N) is 2. The number of carboxylic acids is 1. The van der Waals surface area contributed by atoms with Crippen LogP contribution >= 0.6 is 0 Å². The largest absolute Gasteiger partial charge is 0.490 e. The first-order valence-corrected chi connectivity index (χ1v) is 6.03. The quantitative estimate of drug-likeness (QED) is 0.398. The summed E-state index contributed by atoms with van der Waals surface area (Å²) in [6.07, 6.45) is 0.250. The predicted octanol–water partition coefficient (Wildman–Crippen LogP) is 1.59. The second-order valence-electron chi connectivity index (χ2n) is 4.02. The number of rotatable bonds is 7. The number of hydrogen-bond donors (Lipinski definition) is 3. The number of nitro groups is 1. The fraction of sp³-hybridized carbons (Fsp3) is 0.333. The van der Waals surface area contributed by atoms with E-state index in [2.05, 4.69) is 10.6 Å². The SMILES string of the molecule is COc1ccc(NC(=O)NCCCC(=O)O)cc1[N+](=O)[O-]. The molecule has 114 valence electrons. The van der Waals surface area contributed by atoms with Gasteiger partial charge in [0, 0.05) is 24.7 Å². The Morgan fingerprint density at radius 2 is 2.14 bits per heavy atom. The normalized spacial score (nSPS) is 9.76. The number of anilines is 1. The summed E-state index contributed by atoms with van der Waals surface area (Å²) < 4.78 is 4.84. The number of carbonyl (C=O) groups excluding carboxylic acids is 1. The number of carbonyl (C=O) groups is 2. The van der Waals surface area contributed by atoms with Crippen molar-refractivity contribution in [1.82, 2.24) is 5.32 Å². The van der Waals surface area contributed by atoms with Gasteiger partial charge in [-0.2, -0.15) is 0 Å². The Hall–Kier alpha value is -2.84. The molecule has 1 aromatic rings. The molecule has 9 heteroatoms. The number of ether oxygens (including phenoxy) is 1. The molecular formula is C12H15N3O6. The molecule has 0 aromatic heterocycles. The van der Waals surface area contributed by atoms with Crippen LogP contribution in [-0.2, 0) is 4.79 Å². The van der Waals surface area contributed by atoms with Crippen molar-refractivity contribution in [3.8, 4) is 5.75 Å². The van der Waals surface area contributed by atoms with E-state index in [1.165, 1.54) is 25.3 Å². The minimum absolute atomic E-state index is 0.0473. The van der Waals surface area contributed by atoms with Crippen LogP contribution in [0.4, 0.5) is 16.2 Å². The number of nitro benzene ring substituents is 1. The van der Waals surface area contributed by atoms with Crippen LogP contribution in [0.5, 0.6) is 5.75 Å². The van der Waals surface area contributed by atoms with Crippen LogP contribution in [0.25, 0.3) is 0 Å². The molecule has 0 saturated heterocycles. The zero-order chi connectivity index (χ0) is 15.8. The summed E-state index contributed by atoms with van der Waals surface area (Å²) in [7, 11) is 1.31. The van der Waals surface area contributed by atoms with E-state index in [9.17, 15) is 19.7 Å². The predicted molar refractivity (Wildman–Crippen MR) is 73.5 cm³/mol. The van der Waals surface area contributed by atoms with Gasteiger partial charge >= 0.3 is 17.7 Å². The summed E-state index contributed by atoms with van der Waals surface area (Å²) >= 11 is 0. The lowest BCUT2D eigenvalue weighted by atomic mass is 10.2. The standard InChI is InChI=1S/C12H15N3O6/c1-21-10-5-4-8(7-9(10)15(19)20)14-12(18)13-6-2-3-11(16)17/h4-5,7H,2-3,6H2,1H3,(H,16,17)(H2,13,14,18). The van der Waals surface area contributed by atoms with Gasteiger partial charge in [-0.3, -0.25) is 14.9 Å². The van der Waals surface area contributed by atoms with Crippen molar-refractivity contribution >= 4 is 23.4 Å². The van der Waals surface area contributed by atoms with Gasteiger partial charge in [0.2, 0.25) is 0 Å². The molecule has 0 atom stereocenters. The van der Waals surface area contributed by atoms with Crippen LogP contribution in [0.3, 0.4) is 0 Å². The second kappa shape index (κ2) is 7.68. The van der Waals surface area contributed by atoms with E-state index in [1.807, 2.05) is 0 Å². The van der Waals surface area contributed by atoms with E-state index in [0.29, 0.717) is 6.42 Å². The summed E-state index contributed by atoms with van der Waals surface area (Å²) in [5.41, 5.74) is -0.0283. The van der Waals surface area contributed by atoms with E-state index in [4.69, 9.17) is 9.84 Å². The van der Waals surface area contributed by atoms with Crippen molar-refractivity contribution in [2.24, 2.45) is 0 Å². The Morgan fingerprint density at radius 1 is 1.43 bits per heavy atom. The molecule has 0 bridgehead atoms. The third-order valence-electron chi connectivity index (χ3n) is 2.49. The highest BCUT2D eigenvalue weighted by atomic mass is 16.6. The van der Waals surface area contributed by atoms with Crippen LogP contribution in [0.15, 0.2) is 18.2 Å². The topological polar surface area (TPSA) is 131 Å². The fourth-order valence-electron chi connectivity index (χ4n) is 1.53. The lowest BCUT2D eigenvalue weighted by Gasteiger charge is -2.08. The van der Waals surface area contributed by atoms with Crippen LogP contribution in [0.2, 0.25) is 0 Å². The van der Waals surface area contributed by atoms with Gasteiger partial charge in [0.15, 0.2) is 5.75 Å². The molecule has 0 aliphatic heterocycles. The van der Waals surface area contributed by atoms with Crippen molar-refractivity contribution in [2.45, 2.75) is 12.8 Å². The van der Waals surface area contributed by atoms with Crippen molar-refractivity contribution in [1.29, 1.82) is 0 Å². The average molecular weight is 297 g/mol. The number of benzene rings is 1. The van der Waals surface area contributed by atoms with Gasteiger partial charge in [0.25, 0.3) is 0 Å². The Kier molecular flexibility index (Phi) is 5.93. The molecule has 2 amide bonds. The fourth-order valence-corrected chi connectivity index (χ4v) is 1.53. The lowest BCUT2D eigenvalue weighted by Crippen LogP contribution is -2.29. The summed E-state index contributed by atoms with van der Waals surface area (Å²) in [5, 5.41) is 24.1. The van der Waals surface area contributed by atoms with Gasteiger partial charge in [-0.05, 0) is 18.6 Å². The number of aliphatic carboxylic acids is 1. The van der Waals surface area contributed by atoms with Crippen LogP contribution in [-0.4, -0.2) is 35.7 Å². The van der Waals surface area contributed by atoms with Gasteiger partial charge in [-0.1, -0.05) is 0 Å². The zero-order valence-corrected chi connectivity index (χ0v) is 11.3. The Morgan fingerprint density at radius 3 is 2.71 bits per heavy atom. The summed E-state index contributed by atoms with van der Waals surface area (Å²) in [4.78, 5) is 32.0. The van der Waals surface area contributed by atoms with Crippen LogP contribution in [0, 0.1) is 10.1 Å². The summed E-state index contributed by atoms with van der Waals surface area (Å²) in [6, 6.07) is 3.44. The molecule has 9 nitrogen and oxygen atoms in total. The third-order valence-corrected chi connectivity index (χ3v) is 2.49. The van der Waals surface area contributed by atoms with Crippen molar-refractivity contribution < 1.29 is 24.4 Å². The molecule has 0 saturated carbocycles. The maximum atomic E-state index is 11.5. The van der Waals surface area contributed by atoms with Crippen LogP contribution in [0.1, 0.15) is 12.8 Å². The lowest BCUT2D eigenvalue weighted by molar-refractivity contribution is -0.385.